The van der Waals surface area contributed by atoms with Gasteiger partial charge in [0.15, 0.2) is 22.6 Å². The van der Waals surface area contributed by atoms with Gasteiger partial charge in [-0.15, -0.1) is 5.10 Å². The number of furan rings is 1. The first-order valence-corrected chi connectivity index (χ1v) is 9.56. The lowest BCUT2D eigenvalue weighted by Crippen LogP contribution is -2.42. The molecule has 0 radical (unpaired) electrons. The van der Waals surface area contributed by atoms with E-state index in [1.54, 1.807) is 56.7 Å². The molecule has 0 aliphatic rings. The second kappa shape index (κ2) is 6.90. The van der Waals surface area contributed by atoms with E-state index in [-0.39, 0.29) is 12.6 Å². The number of esters is 1. The van der Waals surface area contributed by atoms with Gasteiger partial charge in [-0.25, -0.2) is 14.5 Å². The van der Waals surface area contributed by atoms with Crippen LogP contribution >= 0.6 is 0 Å². The Balaban J connectivity index is 1.77. The highest BCUT2D eigenvalue weighted by molar-refractivity contribution is 5.92. The second-order valence-electron chi connectivity index (χ2n) is 6.95. The number of carbonyl (C=O) groups is 1. The maximum atomic E-state index is 13.1. The first-order valence-electron chi connectivity index (χ1n) is 9.56. The van der Waals surface area contributed by atoms with Crippen LogP contribution in [-0.2, 0) is 15.1 Å². The molecule has 2 N–H and O–H groups in total. The van der Waals surface area contributed by atoms with Crippen LogP contribution in [0.2, 0.25) is 0 Å². The van der Waals surface area contributed by atoms with E-state index < -0.39 is 11.5 Å². The minimum absolute atomic E-state index is 0.0898. The summed E-state index contributed by atoms with van der Waals surface area (Å²) < 4.78 is 13.7. The molecule has 0 fully saturated rings. The zero-order chi connectivity index (χ0) is 21.6. The summed E-state index contributed by atoms with van der Waals surface area (Å²) in [4.78, 5) is 26.3. The maximum Gasteiger partial charge on any atom is 0.338 e. The van der Waals surface area contributed by atoms with E-state index in [0.717, 1.165) is 0 Å². The first-order chi connectivity index (χ1) is 15.0. The number of aromatic nitrogens is 7. The molecule has 1 unspecified atom stereocenters. The summed E-state index contributed by atoms with van der Waals surface area (Å²) in [6, 6.07) is 7.02. The van der Waals surface area contributed by atoms with Crippen LogP contribution in [0.3, 0.4) is 0 Å². The van der Waals surface area contributed by atoms with E-state index in [9.17, 15) is 4.79 Å². The monoisotopic (exact) mass is 418 g/mol. The highest BCUT2D eigenvalue weighted by Crippen LogP contribution is 2.32. The number of nitrogen functional groups attached to an aromatic ring is 1. The van der Waals surface area contributed by atoms with Gasteiger partial charge in [0, 0.05) is 18.0 Å². The Labute approximate surface area is 175 Å². The molecule has 31 heavy (non-hydrogen) atoms. The van der Waals surface area contributed by atoms with Crippen molar-refractivity contribution in [3.63, 3.8) is 0 Å². The van der Waals surface area contributed by atoms with E-state index in [0.29, 0.717) is 33.8 Å². The molecule has 156 valence electrons. The molecule has 5 rings (SSSR count). The van der Waals surface area contributed by atoms with Gasteiger partial charge in [0.05, 0.1) is 24.5 Å². The van der Waals surface area contributed by atoms with E-state index in [2.05, 4.69) is 25.1 Å². The van der Waals surface area contributed by atoms with Crippen molar-refractivity contribution in [1.82, 2.24) is 34.3 Å². The average Bonchev–Trinajstić information content (AvgIpc) is 3.52. The van der Waals surface area contributed by atoms with Crippen molar-refractivity contribution in [3.05, 3.63) is 54.7 Å². The van der Waals surface area contributed by atoms with Crippen LogP contribution < -0.4 is 5.73 Å². The summed E-state index contributed by atoms with van der Waals surface area (Å²) in [6.07, 6.45) is 6.33. The highest BCUT2D eigenvalue weighted by Gasteiger charge is 2.42. The van der Waals surface area contributed by atoms with Gasteiger partial charge in [-0.2, -0.15) is 14.6 Å². The van der Waals surface area contributed by atoms with Crippen molar-refractivity contribution in [2.45, 2.75) is 19.4 Å². The SMILES string of the molecule is CCOC(=O)C(C)(c1cccnc1)n1ncc2c1nc(N)n1nc(-c3ccco3)nc21. The Morgan fingerprint density at radius 3 is 2.81 bits per heavy atom. The molecule has 0 bridgehead atoms. The van der Waals surface area contributed by atoms with Crippen LogP contribution in [0.15, 0.2) is 53.5 Å². The van der Waals surface area contributed by atoms with Gasteiger partial charge in [0.25, 0.3) is 0 Å². The standard InChI is InChI=1S/C20H18N8O3/c1-3-30-18(29)20(2,12-6-4-8-22-10-12)28-17-13(11-23-28)16-24-15(14-7-5-9-31-14)26-27(16)19(21)25-17/h4-11H,3H2,1-2H3,(H2,21,25). The summed E-state index contributed by atoms with van der Waals surface area (Å²) in [5.41, 5.74) is 6.26. The Morgan fingerprint density at radius 1 is 1.23 bits per heavy atom. The molecule has 0 spiro atoms. The molecule has 0 saturated heterocycles. The van der Waals surface area contributed by atoms with Crippen molar-refractivity contribution >= 4 is 28.6 Å². The largest absolute Gasteiger partial charge is 0.464 e. The number of carbonyl (C=O) groups excluding carboxylic acids is 1. The van der Waals surface area contributed by atoms with Crippen molar-refractivity contribution in [1.29, 1.82) is 0 Å². The summed E-state index contributed by atoms with van der Waals surface area (Å²) in [6.45, 7) is 3.66. The summed E-state index contributed by atoms with van der Waals surface area (Å²) >= 11 is 0. The maximum absolute atomic E-state index is 13.1. The lowest BCUT2D eigenvalue weighted by atomic mass is 9.93. The van der Waals surface area contributed by atoms with Gasteiger partial charge in [-0.05, 0) is 32.0 Å². The van der Waals surface area contributed by atoms with Gasteiger partial charge >= 0.3 is 5.97 Å². The lowest BCUT2D eigenvalue weighted by Gasteiger charge is -2.28. The van der Waals surface area contributed by atoms with Crippen molar-refractivity contribution in [2.24, 2.45) is 0 Å². The highest BCUT2D eigenvalue weighted by atomic mass is 16.5. The number of fused-ring (bicyclic) bond motifs is 3. The van der Waals surface area contributed by atoms with Crippen LogP contribution in [0.4, 0.5) is 5.95 Å². The zero-order valence-electron chi connectivity index (χ0n) is 16.8. The smallest absolute Gasteiger partial charge is 0.338 e. The fourth-order valence-corrected chi connectivity index (χ4v) is 3.50. The number of anilines is 1. The minimum Gasteiger partial charge on any atom is -0.464 e. The number of pyridine rings is 1. The summed E-state index contributed by atoms with van der Waals surface area (Å²) in [5, 5.41) is 9.43. The van der Waals surface area contributed by atoms with Crippen molar-refractivity contribution in [2.75, 3.05) is 12.3 Å². The van der Waals surface area contributed by atoms with Crippen LogP contribution in [0.25, 0.3) is 28.3 Å². The molecule has 5 heterocycles. The van der Waals surface area contributed by atoms with E-state index in [1.165, 1.54) is 15.5 Å². The quantitative estimate of drug-likeness (QED) is 0.425. The Hall–Kier alpha value is -4.28. The first kappa shape index (κ1) is 18.7. The molecular formula is C20H18N8O3. The predicted molar refractivity (Wildman–Crippen MR) is 110 cm³/mol. The third-order valence-electron chi connectivity index (χ3n) is 5.09. The van der Waals surface area contributed by atoms with E-state index in [1.807, 2.05) is 0 Å². The Bertz CT molecular complexity index is 1390. The molecule has 5 aromatic rings. The van der Waals surface area contributed by atoms with Crippen molar-refractivity contribution in [3.8, 4) is 11.6 Å². The Morgan fingerprint density at radius 2 is 2.10 bits per heavy atom. The van der Waals surface area contributed by atoms with E-state index >= 15 is 0 Å². The van der Waals surface area contributed by atoms with E-state index in [4.69, 9.17) is 14.9 Å². The number of ether oxygens (including phenoxy) is 1. The average molecular weight is 418 g/mol. The molecule has 5 aromatic heterocycles. The number of rotatable bonds is 5. The molecule has 0 amide bonds. The van der Waals surface area contributed by atoms with Gasteiger partial charge in [0.1, 0.15) is 0 Å². The molecule has 1 atom stereocenters. The van der Waals surface area contributed by atoms with Crippen molar-refractivity contribution < 1.29 is 13.9 Å². The molecule has 0 aliphatic carbocycles. The Kier molecular flexibility index (Phi) is 4.17. The molecular weight excluding hydrogens is 400 g/mol. The van der Waals surface area contributed by atoms with Gasteiger partial charge < -0.3 is 14.9 Å². The molecule has 11 heteroatoms. The fourth-order valence-electron chi connectivity index (χ4n) is 3.50. The van der Waals surface area contributed by atoms with Gasteiger partial charge in [0.2, 0.25) is 11.8 Å². The molecule has 0 aliphatic heterocycles. The number of hydrogen-bond acceptors (Lipinski definition) is 9. The molecule has 11 nitrogen and oxygen atoms in total. The number of nitrogens with two attached hydrogens (primary N) is 1. The minimum atomic E-state index is -1.33. The normalized spacial score (nSPS) is 13.5. The van der Waals surface area contributed by atoms with Gasteiger partial charge in [-0.3, -0.25) is 4.98 Å². The fraction of sp³-hybridized carbons (Fsp3) is 0.200. The number of nitrogens with zero attached hydrogens (tertiary/aromatic N) is 7. The summed E-state index contributed by atoms with van der Waals surface area (Å²) in [5.74, 6) is 0.451. The van der Waals surface area contributed by atoms with Gasteiger partial charge in [-0.1, -0.05) is 6.07 Å². The molecule has 0 aromatic carbocycles. The third kappa shape index (κ3) is 2.74. The topological polar surface area (TPSA) is 139 Å². The van der Waals surface area contributed by atoms with Crippen LogP contribution in [-0.4, -0.2) is 46.9 Å². The second-order valence-corrected chi connectivity index (χ2v) is 6.95. The van der Waals surface area contributed by atoms with Crippen LogP contribution in [0.5, 0.6) is 0 Å². The lowest BCUT2D eigenvalue weighted by molar-refractivity contribution is -0.151. The van der Waals surface area contributed by atoms with Crippen LogP contribution in [0.1, 0.15) is 19.4 Å². The number of hydrogen-bond donors (Lipinski definition) is 1. The predicted octanol–water partition coefficient (Wildman–Crippen LogP) is 2.04. The summed E-state index contributed by atoms with van der Waals surface area (Å²) in [7, 11) is 0. The molecule has 0 saturated carbocycles. The zero-order valence-corrected chi connectivity index (χ0v) is 16.8. The third-order valence-corrected chi connectivity index (χ3v) is 5.09. The van der Waals surface area contributed by atoms with Crippen LogP contribution in [0, 0.1) is 0 Å².